The van der Waals surface area contributed by atoms with E-state index in [9.17, 15) is 23.9 Å². The number of hydrogen-bond donors (Lipinski definition) is 5. The summed E-state index contributed by atoms with van der Waals surface area (Å²) in [5, 5.41) is 18.2. The lowest BCUT2D eigenvalue weighted by Crippen LogP contribution is -2.51. The molecule has 0 radical (unpaired) electrons. The third kappa shape index (κ3) is 5.61. The van der Waals surface area contributed by atoms with Crippen molar-refractivity contribution in [1.82, 2.24) is 20.9 Å². The van der Waals surface area contributed by atoms with Gasteiger partial charge in [-0.3, -0.25) is 14.4 Å². The van der Waals surface area contributed by atoms with Crippen LogP contribution in [0.5, 0.6) is 0 Å². The number of H-pyrrole nitrogens is 1. The topological polar surface area (TPSA) is 123 Å². The quantitative estimate of drug-likeness (QED) is 0.412. The smallest absolute Gasteiger partial charge is 0.268 e. The van der Waals surface area contributed by atoms with Crippen molar-refractivity contribution < 1.29 is 23.9 Å². The van der Waals surface area contributed by atoms with Crippen LogP contribution >= 0.6 is 0 Å². The van der Waals surface area contributed by atoms with Gasteiger partial charge in [-0.15, -0.1) is 0 Å². The van der Waals surface area contributed by atoms with E-state index in [1.54, 1.807) is 12.1 Å². The highest BCUT2D eigenvalue weighted by molar-refractivity contribution is 6.00. The van der Waals surface area contributed by atoms with Gasteiger partial charge in [-0.05, 0) is 43.4 Å². The molecule has 1 aromatic carbocycles. The standard InChI is InChI=1S/C22H29FN4O4/c1-12(2)8-18(21(30)25-14(11-28)9-13-6-7-24-20(13)29)27-22(31)19-10-15-16(23)4-3-5-17(15)26-19/h3-5,10,12-14,18,26,28H,6-9,11H2,1-2H3,(H,24,29)(H,25,30)(H,27,31)/t13?,14?,18-/m0/s1. The second-order valence-corrected chi connectivity index (χ2v) is 8.44. The van der Waals surface area contributed by atoms with Crippen molar-refractivity contribution in [3.8, 4) is 0 Å². The molecule has 2 heterocycles. The number of halogens is 1. The van der Waals surface area contributed by atoms with Gasteiger partial charge in [-0.2, -0.15) is 0 Å². The highest BCUT2D eigenvalue weighted by Crippen LogP contribution is 2.19. The van der Waals surface area contributed by atoms with E-state index >= 15 is 0 Å². The molecule has 3 atom stereocenters. The molecule has 0 spiro atoms. The van der Waals surface area contributed by atoms with Gasteiger partial charge >= 0.3 is 0 Å². The predicted molar refractivity (Wildman–Crippen MR) is 114 cm³/mol. The van der Waals surface area contributed by atoms with Crippen LogP contribution in [0, 0.1) is 17.7 Å². The molecule has 1 aliphatic rings. The lowest BCUT2D eigenvalue weighted by atomic mass is 9.97. The van der Waals surface area contributed by atoms with Crippen LogP contribution in [-0.2, 0) is 9.59 Å². The molecule has 3 amide bonds. The van der Waals surface area contributed by atoms with E-state index in [1.165, 1.54) is 12.1 Å². The fourth-order valence-corrected chi connectivity index (χ4v) is 3.87. The maximum atomic E-state index is 13.9. The summed E-state index contributed by atoms with van der Waals surface area (Å²) in [6, 6.07) is 4.51. The number of benzene rings is 1. The molecule has 1 aromatic heterocycles. The van der Waals surface area contributed by atoms with Gasteiger partial charge in [0.25, 0.3) is 5.91 Å². The van der Waals surface area contributed by atoms with E-state index in [2.05, 4.69) is 20.9 Å². The number of nitrogens with one attached hydrogen (secondary N) is 4. The zero-order valence-electron chi connectivity index (χ0n) is 17.7. The van der Waals surface area contributed by atoms with Crippen LogP contribution in [-0.4, -0.2) is 53.0 Å². The summed E-state index contributed by atoms with van der Waals surface area (Å²) in [5.41, 5.74) is 0.646. The Bertz CT molecular complexity index is 958. The van der Waals surface area contributed by atoms with Crippen LogP contribution in [0.2, 0.25) is 0 Å². The van der Waals surface area contributed by atoms with Crippen molar-refractivity contribution in [2.45, 2.75) is 45.2 Å². The Morgan fingerprint density at radius 2 is 2.06 bits per heavy atom. The highest BCUT2D eigenvalue weighted by Gasteiger charge is 2.30. The fourth-order valence-electron chi connectivity index (χ4n) is 3.87. The molecule has 1 saturated heterocycles. The van der Waals surface area contributed by atoms with Gasteiger partial charge in [0.05, 0.1) is 12.6 Å². The first-order chi connectivity index (χ1) is 14.8. The molecule has 0 bridgehead atoms. The first-order valence-corrected chi connectivity index (χ1v) is 10.6. The van der Waals surface area contributed by atoms with Crippen LogP contribution < -0.4 is 16.0 Å². The summed E-state index contributed by atoms with van der Waals surface area (Å²) in [6.45, 7) is 4.14. The number of aliphatic hydroxyl groups excluding tert-OH is 1. The second-order valence-electron chi connectivity index (χ2n) is 8.44. The van der Waals surface area contributed by atoms with Crippen LogP contribution in [0.1, 0.15) is 43.6 Å². The Kier molecular flexibility index (Phi) is 7.27. The highest BCUT2D eigenvalue weighted by atomic mass is 19.1. The SMILES string of the molecule is CC(C)C[C@H](NC(=O)c1cc2c(F)cccc2[nH]1)C(=O)NC(CO)CC1CCNC1=O. The molecular formula is C22H29FN4O4. The molecule has 0 saturated carbocycles. The maximum Gasteiger partial charge on any atom is 0.268 e. The minimum Gasteiger partial charge on any atom is -0.394 e. The van der Waals surface area contributed by atoms with Crippen LogP contribution in [0.4, 0.5) is 4.39 Å². The minimum absolute atomic E-state index is 0.0780. The molecule has 8 nitrogen and oxygen atoms in total. The number of amides is 3. The average Bonchev–Trinajstić information content (AvgIpc) is 3.33. The molecule has 2 aromatic rings. The maximum absolute atomic E-state index is 13.9. The Balaban J connectivity index is 1.69. The van der Waals surface area contributed by atoms with E-state index in [1.807, 2.05) is 13.8 Å². The fraction of sp³-hybridized carbons (Fsp3) is 0.500. The van der Waals surface area contributed by atoms with Crippen LogP contribution in [0.3, 0.4) is 0 Å². The summed E-state index contributed by atoms with van der Waals surface area (Å²) >= 11 is 0. The number of aliphatic hydroxyl groups is 1. The Morgan fingerprint density at radius 1 is 1.29 bits per heavy atom. The number of aromatic nitrogens is 1. The largest absolute Gasteiger partial charge is 0.394 e. The molecule has 5 N–H and O–H groups in total. The molecule has 2 unspecified atom stereocenters. The number of fused-ring (bicyclic) bond motifs is 1. The van der Waals surface area contributed by atoms with Crippen molar-refractivity contribution in [2.75, 3.05) is 13.2 Å². The van der Waals surface area contributed by atoms with E-state index in [0.29, 0.717) is 36.7 Å². The zero-order chi connectivity index (χ0) is 22.5. The normalized spacial score (nSPS) is 18.1. The van der Waals surface area contributed by atoms with Gasteiger partial charge < -0.3 is 26.0 Å². The molecule has 3 rings (SSSR count). The first-order valence-electron chi connectivity index (χ1n) is 10.6. The number of carbonyl (C=O) groups excluding carboxylic acids is 3. The van der Waals surface area contributed by atoms with Gasteiger partial charge in [0.1, 0.15) is 17.6 Å². The van der Waals surface area contributed by atoms with Crippen molar-refractivity contribution >= 4 is 28.6 Å². The van der Waals surface area contributed by atoms with E-state index in [0.717, 1.165) is 0 Å². The Labute approximate surface area is 180 Å². The minimum atomic E-state index is -0.838. The van der Waals surface area contributed by atoms with Gasteiger partial charge in [0, 0.05) is 23.4 Å². The summed E-state index contributed by atoms with van der Waals surface area (Å²) < 4.78 is 13.9. The summed E-state index contributed by atoms with van der Waals surface area (Å²) in [4.78, 5) is 40.3. The molecule has 9 heteroatoms. The summed E-state index contributed by atoms with van der Waals surface area (Å²) in [6.07, 6.45) is 1.38. The lowest BCUT2D eigenvalue weighted by Gasteiger charge is -2.24. The molecule has 1 fully saturated rings. The van der Waals surface area contributed by atoms with Gasteiger partial charge in [0.15, 0.2) is 0 Å². The third-order valence-corrected chi connectivity index (χ3v) is 5.48. The summed E-state index contributed by atoms with van der Waals surface area (Å²) in [7, 11) is 0. The predicted octanol–water partition coefficient (Wildman–Crippen LogP) is 1.45. The van der Waals surface area contributed by atoms with E-state index in [-0.39, 0.29) is 30.0 Å². The Morgan fingerprint density at radius 3 is 2.68 bits per heavy atom. The summed E-state index contributed by atoms with van der Waals surface area (Å²) in [5.74, 6) is -1.60. The third-order valence-electron chi connectivity index (χ3n) is 5.48. The average molecular weight is 432 g/mol. The van der Waals surface area contributed by atoms with E-state index < -0.39 is 29.7 Å². The molecule has 31 heavy (non-hydrogen) atoms. The number of rotatable bonds is 9. The Hall–Kier alpha value is -2.94. The van der Waals surface area contributed by atoms with Crippen LogP contribution in [0.25, 0.3) is 10.9 Å². The molecule has 168 valence electrons. The van der Waals surface area contributed by atoms with Crippen LogP contribution in [0.15, 0.2) is 24.3 Å². The zero-order valence-corrected chi connectivity index (χ0v) is 17.7. The molecule has 1 aliphatic heterocycles. The van der Waals surface area contributed by atoms with Crippen molar-refractivity contribution in [3.05, 3.63) is 35.8 Å². The van der Waals surface area contributed by atoms with Crippen molar-refractivity contribution in [3.63, 3.8) is 0 Å². The lowest BCUT2D eigenvalue weighted by molar-refractivity contribution is -0.126. The van der Waals surface area contributed by atoms with Gasteiger partial charge in [-0.1, -0.05) is 19.9 Å². The monoisotopic (exact) mass is 432 g/mol. The van der Waals surface area contributed by atoms with Gasteiger partial charge in [-0.25, -0.2) is 4.39 Å². The van der Waals surface area contributed by atoms with Crippen molar-refractivity contribution in [1.29, 1.82) is 0 Å². The van der Waals surface area contributed by atoms with E-state index in [4.69, 9.17) is 0 Å². The molecular weight excluding hydrogens is 403 g/mol. The number of aromatic amines is 1. The van der Waals surface area contributed by atoms with Crippen molar-refractivity contribution in [2.24, 2.45) is 11.8 Å². The number of hydrogen-bond acceptors (Lipinski definition) is 4. The second kappa shape index (κ2) is 9.91. The number of carbonyl (C=O) groups is 3. The first kappa shape index (κ1) is 22.7. The molecule has 0 aliphatic carbocycles. The van der Waals surface area contributed by atoms with Gasteiger partial charge in [0.2, 0.25) is 11.8 Å².